The van der Waals surface area contributed by atoms with E-state index >= 15 is 0 Å². The standard InChI is InChI=1S/C25H23ClN2O3/c26-20-13-10-19(11-14-20)25(30)31-23-15-12-17-6-4-5-9-21(17)22(23)16-27-28-24(29)18-7-2-1-3-8-18/h4-6,9-16,18H,1-3,7-8H2,(H,28,29). The molecule has 0 aromatic heterocycles. The molecule has 4 rings (SSSR count). The molecule has 31 heavy (non-hydrogen) atoms. The molecule has 0 heterocycles. The molecular formula is C25H23ClN2O3. The Balaban J connectivity index is 1.58. The van der Waals surface area contributed by atoms with Crippen LogP contribution in [0.15, 0.2) is 65.8 Å². The van der Waals surface area contributed by atoms with Gasteiger partial charge in [0.25, 0.3) is 0 Å². The van der Waals surface area contributed by atoms with E-state index in [2.05, 4.69) is 10.5 Å². The number of nitrogens with one attached hydrogen (secondary N) is 1. The van der Waals surface area contributed by atoms with E-state index in [1.54, 1.807) is 36.5 Å². The Kier molecular flexibility index (Phi) is 6.63. The van der Waals surface area contributed by atoms with Crippen LogP contribution in [0.25, 0.3) is 10.8 Å². The van der Waals surface area contributed by atoms with Crippen molar-refractivity contribution in [1.82, 2.24) is 5.43 Å². The summed E-state index contributed by atoms with van der Waals surface area (Å²) < 4.78 is 5.67. The lowest BCUT2D eigenvalue weighted by atomic mass is 9.89. The van der Waals surface area contributed by atoms with Gasteiger partial charge in [0, 0.05) is 16.5 Å². The minimum Gasteiger partial charge on any atom is -0.422 e. The van der Waals surface area contributed by atoms with Gasteiger partial charge in [-0.3, -0.25) is 4.79 Å². The first kappa shape index (κ1) is 21.1. The maximum atomic E-state index is 12.6. The van der Waals surface area contributed by atoms with E-state index in [-0.39, 0.29) is 11.8 Å². The molecule has 0 spiro atoms. The largest absolute Gasteiger partial charge is 0.422 e. The quantitative estimate of drug-likeness (QED) is 0.241. The maximum absolute atomic E-state index is 12.6. The van der Waals surface area contributed by atoms with Gasteiger partial charge in [-0.1, -0.05) is 61.2 Å². The summed E-state index contributed by atoms with van der Waals surface area (Å²) in [5.41, 5.74) is 3.68. The highest BCUT2D eigenvalue weighted by molar-refractivity contribution is 6.30. The number of hydrogen-bond acceptors (Lipinski definition) is 4. The average Bonchev–Trinajstić information content (AvgIpc) is 2.81. The van der Waals surface area contributed by atoms with Crippen LogP contribution < -0.4 is 10.2 Å². The Bertz CT molecular complexity index is 1120. The van der Waals surface area contributed by atoms with Gasteiger partial charge < -0.3 is 4.74 Å². The van der Waals surface area contributed by atoms with Gasteiger partial charge in [0.15, 0.2) is 0 Å². The summed E-state index contributed by atoms with van der Waals surface area (Å²) in [4.78, 5) is 25.0. The molecule has 0 bridgehead atoms. The monoisotopic (exact) mass is 434 g/mol. The fourth-order valence-corrected chi connectivity index (χ4v) is 3.99. The first-order valence-electron chi connectivity index (χ1n) is 10.4. The number of carbonyl (C=O) groups is 2. The Labute approximate surface area is 186 Å². The molecule has 1 amide bonds. The molecule has 0 aliphatic heterocycles. The molecule has 0 atom stereocenters. The van der Waals surface area contributed by atoms with E-state index in [0.29, 0.717) is 21.9 Å². The molecule has 1 aliphatic carbocycles. The van der Waals surface area contributed by atoms with E-state index in [1.165, 1.54) is 6.42 Å². The molecule has 6 heteroatoms. The first-order chi connectivity index (χ1) is 15.1. The smallest absolute Gasteiger partial charge is 0.343 e. The Morgan fingerprint density at radius 1 is 0.968 bits per heavy atom. The van der Waals surface area contributed by atoms with Crippen molar-refractivity contribution in [2.75, 3.05) is 0 Å². The highest BCUT2D eigenvalue weighted by Gasteiger charge is 2.20. The molecule has 0 saturated heterocycles. The molecule has 1 saturated carbocycles. The second-order valence-electron chi connectivity index (χ2n) is 7.66. The van der Waals surface area contributed by atoms with Gasteiger partial charge in [-0.05, 0) is 53.9 Å². The summed E-state index contributed by atoms with van der Waals surface area (Å²) in [6.45, 7) is 0. The van der Waals surface area contributed by atoms with Crippen molar-refractivity contribution in [3.8, 4) is 5.75 Å². The molecule has 3 aromatic rings. The molecule has 1 aliphatic rings. The van der Waals surface area contributed by atoms with Crippen LogP contribution >= 0.6 is 11.6 Å². The van der Waals surface area contributed by atoms with Crippen molar-refractivity contribution >= 4 is 40.5 Å². The number of rotatable bonds is 5. The lowest BCUT2D eigenvalue weighted by Gasteiger charge is -2.19. The van der Waals surface area contributed by atoms with Crippen LogP contribution in [0.5, 0.6) is 5.75 Å². The number of hydrazone groups is 1. The number of carbonyl (C=O) groups excluding carboxylic acids is 2. The lowest BCUT2D eigenvalue weighted by molar-refractivity contribution is -0.125. The summed E-state index contributed by atoms with van der Waals surface area (Å²) in [5, 5.41) is 6.59. The van der Waals surface area contributed by atoms with Crippen LogP contribution in [0.2, 0.25) is 5.02 Å². The van der Waals surface area contributed by atoms with Crippen LogP contribution in [-0.4, -0.2) is 18.1 Å². The zero-order chi connectivity index (χ0) is 21.6. The summed E-state index contributed by atoms with van der Waals surface area (Å²) in [7, 11) is 0. The van der Waals surface area contributed by atoms with Gasteiger partial charge in [0.05, 0.1) is 11.8 Å². The van der Waals surface area contributed by atoms with Crippen molar-refractivity contribution in [3.05, 3.63) is 76.8 Å². The molecule has 5 nitrogen and oxygen atoms in total. The zero-order valence-electron chi connectivity index (χ0n) is 17.0. The number of ether oxygens (including phenoxy) is 1. The van der Waals surface area contributed by atoms with E-state index in [4.69, 9.17) is 16.3 Å². The molecule has 0 radical (unpaired) electrons. The van der Waals surface area contributed by atoms with Crippen molar-refractivity contribution in [3.63, 3.8) is 0 Å². The third kappa shape index (κ3) is 5.12. The molecule has 1 N–H and O–H groups in total. The predicted molar refractivity (Wildman–Crippen MR) is 123 cm³/mol. The van der Waals surface area contributed by atoms with Crippen molar-refractivity contribution in [1.29, 1.82) is 0 Å². The summed E-state index contributed by atoms with van der Waals surface area (Å²) in [5.74, 6) is -0.168. The highest BCUT2D eigenvalue weighted by Crippen LogP contribution is 2.28. The third-order valence-corrected chi connectivity index (χ3v) is 5.81. The molecular weight excluding hydrogens is 412 g/mol. The fourth-order valence-electron chi connectivity index (χ4n) is 3.86. The topological polar surface area (TPSA) is 67.8 Å². The van der Waals surface area contributed by atoms with Crippen molar-refractivity contribution in [2.45, 2.75) is 32.1 Å². The molecule has 3 aromatic carbocycles. The summed E-state index contributed by atoms with van der Waals surface area (Å²) >= 11 is 5.90. The first-order valence-corrected chi connectivity index (χ1v) is 10.8. The van der Waals surface area contributed by atoms with Gasteiger partial charge in [0.1, 0.15) is 5.75 Å². The second kappa shape index (κ2) is 9.75. The number of nitrogens with zero attached hydrogens (tertiary/aromatic N) is 1. The van der Waals surface area contributed by atoms with Crippen LogP contribution in [0, 0.1) is 5.92 Å². The van der Waals surface area contributed by atoms with Crippen LogP contribution in [0.3, 0.4) is 0 Å². The Hall–Kier alpha value is -3.18. The number of hydrogen-bond donors (Lipinski definition) is 1. The fraction of sp³-hybridized carbons (Fsp3) is 0.240. The van der Waals surface area contributed by atoms with Gasteiger partial charge in [0.2, 0.25) is 5.91 Å². The van der Waals surface area contributed by atoms with Gasteiger partial charge >= 0.3 is 5.97 Å². The number of halogens is 1. The predicted octanol–water partition coefficient (Wildman–Crippen LogP) is 5.74. The number of amides is 1. The lowest BCUT2D eigenvalue weighted by Crippen LogP contribution is -2.28. The van der Waals surface area contributed by atoms with E-state index < -0.39 is 5.97 Å². The van der Waals surface area contributed by atoms with Crippen LogP contribution in [-0.2, 0) is 4.79 Å². The minimum absolute atomic E-state index is 0.0145. The number of esters is 1. The summed E-state index contributed by atoms with van der Waals surface area (Å²) in [6.07, 6.45) is 6.70. The van der Waals surface area contributed by atoms with Gasteiger partial charge in [-0.25, -0.2) is 10.2 Å². The molecule has 0 unspecified atom stereocenters. The highest BCUT2D eigenvalue weighted by atomic mass is 35.5. The van der Waals surface area contributed by atoms with E-state index in [0.717, 1.165) is 36.5 Å². The molecule has 1 fully saturated rings. The van der Waals surface area contributed by atoms with Crippen molar-refractivity contribution < 1.29 is 14.3 Å². The van der Waals surface area contributed by atoms with Crippen molar-refractivity contribution in [2.24, 2.45) is 11.0 Å². The SMILES string of the molecule is O=C(Oc1ccc2ccccc2c1C=NNC(=O)C1CCCCC1)c1ccc(Cl)cc1. The van der Waals surface area contributed by atoms with E-state index in [9.17, 15) is 9.59 Å². The Morgan fingerprint density at radius 3 is 2.48 bits per heavy atom. The van der Waals surface area contributed by atoms with Crippen LogP contribution in [0.4, 0.5) is 0 Å². The van der Waals surface area contributed by atoms with Gasteiger partial charge in [-0.2, -0.15) is 5.10 Å². The van der Waals surface area contributed by atoms with Crippen LogP contribution in [0.1, 0.15) is 48.0 Å². The maximum Gasteiger partial charge on any atom is 0.343 e. The zero-order valence-corrected chi connectivity index (χ0v) is 17.8. The van der Waals surface area contributed by atoms with Gasteiger partial charge in [-0.15, -0.1) is 0 Å². The number of benzene rings is 3. The summed E-state index contributed by atoms with van der Waals surface area (Å²) in [6, 6.07) is 17.9. The minimum atomic E-state index is -0.493. The normalized spacial score (nSPS) is 14.6. The third-order valence-electron chi connectivity index (χ3n) is 5.56. The second-order valence-corrected chi connectivity index (χ2v) is 8.10. The molecule has 158 valence electrons. The number of fused-ring (bicyclic) bond motifs is 1. The van der Waals surface area contributed by atoms with E-state index in [1.807, 2.05) is 30.3 Å². The Morgan fingerprint density at radius 2 is 1.71 bits per heavy atom. The average molecular weight is 435 g/mol.